The van der Waals surface area contributed by atoms with E-state index >= 15 is 0 Å². The zero-order valence-corrected chi connectivity index (χ0v) is 18.6. The SMILES string of the molecule is COc1cccc(C(=O)N2N=C(c3ccc(NS(C)(=O)=O)cc3)CC2c2ccsc2)c1. The van der Waals surface area contributed by atoms with Gasteiger partial charge in [-0.1, -0.05) is 18.2 Å². The Labute approximate surface area is 185 Å². The number of nitrogens with zero attached hydrogens (tertiary/aromatic N) is 2. The Morgan fingerprint density at radius 3 is 2.61 bits per heavy atom. The molecular weight excluding hydrogens is 434 g/mol. The molecule has 1 N–H and O–H groups in total. The van der Waals surface area contributed by atoms with Gasteiger partial charge in [-0.15, -0.1) is 0 Å². The molecule has 7 nitrogen and oxygen atoms in total. The van der Waals surface area contributed by atoms with Gasteiger partial charge in [0.15, 0.2) is 0 Å². The van der Waals surface area contributed by atoms with Crippen molar-refractivity contribution in [2.45, 2.75) is 12.5 Å². The maximum absolute atomic E-state index is 13.3. The number of amides is 1. The monoisotopic (exact) mass is 455 g/mol. The molecule has 1 amide bonds. The highest BCUT2D eigenvalue weighted by molar-refractivity contribution is 7.92. The van der Waals surface area contributed by atoms with Gasteiger partial charge in [-0.3, -0.25) is 9.52 Å². The highest BCUT2D eigenvalue weighted by Gasteiger charge is 2.34. The molecule has 0 aliphatic carbocycles. The van der Waals surface area contributed by atoms with E-state index in [2.05, 4.69) is 9.82 Å². The lowest BCUT2D eigenvalue weighted by atomic mass is 10.00. The van der Waals surface area contributed by atoms with Crippen molar-refractivity contribution in [3.8, 4) is 5.75 Å². The molecular formula is C22H21N3O4S2. The van der Waals surface area contributed by atoms with Crippen molar-refractivity contribution in [2.75, 3.05) is 18.1 Å². The fourth-order valence-corrected chi connectivity index (χ4v) is 4.70. The summed E-state index contributed by atoms with van der Waals surface area (Å²) in [6.07, 6.45) is 1.67. The number of rotatable bonds is 6. The van der Waals surface area contributed by atoms with Crippen LogP contribution in [0.5, 0.6) is 5.75 Å². The quantitative estimate of drug-likeness (QED) is 0.606. The number of carbonyl (C=O) groups is 1. The summed E-state index contributed by atoms with van der Waals surface area (Å²) in [5.74, 6) is 0.399. The highest BCUT2D eigenvalue weighted by Crippen LogP contribution is 2.35. The number of anilines is 1. The minimum Gasteiger partial charge on any atom is -0.497 e. The predicted octanol–water partition coefficient (Wildman–Crippen LogP) is 4.12. The van der Waals surface area contributed by atoms with Crippen LogP contribution < -0.4 is 9.46 Å². The summed E-state index contributed by atoms with van der Waals surface area (Å²) in [7, 11) is -1.78. The van der Waals surface area contributed by atoms with E-state index in [1.165, 1.54) is 5.01 Å². The van der Waals surface area contributed by atoms with E-state index in [9.17, 15) is 13.2 Å². The summed E-state index contributed by atoms with van der Waals surface area (Å²) < 4.78 is 30.6. The van der Waals surface area contributed by atoms with E-state index in [0.29, 0.717) is 23.4 Å². The van der Waals surface area contributed by atoms with Gasteiger partial charge in [-0.05, 0) is 58.3 Å². The molecule has 1 aliphatic rings. The third-order valence-corrected chi connectivity index (χ3v) is 6.19. The Bertz CT molecular complexity index is 1220. The van der Waals surface area contributed by atoms with Crippen molar-refractivity contribution in [1.82, 2.24) is 5.01 Å². The first-order valence-corrected chi connectivity index (χ1v) is 12.3. The van der Waals surface area contributed by atoms with E-state index in [1.807, 2.05) is 16.8 Å². The molecule has 2 heterocycles. The lowest BCUT2D eigenvalue weighted by molar-refractivity contribution is 0.0711. The molecule has 2 aromatic carbocycles. The standard InChI is InChI=1S/C22H21N3O4S2/c1-29-19-5-3-4-16(12-19)22(26)25-21(17-10-11-30-14-17)13-20(23-25)15-6-8-18(9-7-15)24-31(2,27)28/h3-12,14,21,24H,13H2,1-2H3. The summed E-state index contributed by atoms with van der Waals surface area (Å²) in [5.41, 5.74) is 3.59. The van der Waals surface area contributed by atoms with E-state index in [-0.39, 0.29) is 11.9 Å². The minimum atomic E-state index is -3.35. The third kappa shape index (κ3) is 4.78. The largest absolute Gasteiger partial charge is 0.497 e. The van der Waals surface area contributed by atoms with Gasteiger partial charge < -0.3 is 4.74 Å². The molecule has 160 valence electrons. The maximum Gasteiger partial charge on any atom is 0.274 e. The molecule has 0 bridgehead atoms. The molecule has 4 rings (SSSR count). The zero-order chi connectivity index (χ0) is 22.0. The second-order valence-electron chi connectivity index (χ2n) is 7.16. The third-order valence-electron chi connectivity index (χ3n) is 4.88. The van der Waals surface area contributed by atoms with Crippen LogP contribution in [0.25, 0.3) is 0 Å². The van der Waals surface area contributed by atoms with Crippen molar-refractivity contribution in [3.05, 3.63) is 82.0 Å². The first-order chi connectivity index (χ1) is 14.8. The first kappa shape index (κ1) is 21.1. The number of carbonyl (C=O) groups excluding carboxylic acids is 1. The molecule has 1 aliphatic heterocycles. The van der Waals surface area contributed by atoms with Crippen LogP contribution in [0.4, 0.5) is 5.69 Å². The number of thiophene rings is 1. The summed E-state index contributed by atoms with van der Waals surface area (Å²) in [4.78, 5) is 13.3. The number of hydrogen-bond donors (Lipinski definition) is 1. The van der Waals surface area contributed by atoms with E-state index < -0.39 is 10.0 Å². The molecule has 1 unspecified atom stereocenters. The summed E-state index contributed by atoms with van der Waals surface area (Å²) in [6, 6.07) is 15.8. The van der Waals surface area contributed by atoms with Crippen molar-refractivity contribution in [3.63, 3.8) is 0 Å². The Hall–Kier alpha value is -3.17. The molecule has 0 saturated carbocycles. The van der Waals surface area contributed by atoms with E-state index in [4.69, 9.17) is 4.74 Å². The molecule has 31 heavy (non-hydrogen) atoms. The van der Waals surface area contributed by atoms with Crippen molar-refractivity contribution < 1.29 is 17.9 Å². The van der Waals surface area contributed by atoms with Crippen LogP contribution in [0.3, 0.4) is 0 Å². The second kappa shape index (κ2) is 8.52. The number of ether oxygens (including phenoxy) is 1. The molecule has 0 fully saturated rings. The smallest absolute Gasteiger partial charge is 0.274 e. The van der Waals surface area contributed by atoms with Gasteiger partial charge in [-0.2, -0.15) is 16.4 Å². The highest BCUT2D eigenvalue weighted by atomic mass is 32.2. The molecule has 1 atom stereocenters. The average molecular weight is 456 g/mol. The first-order valence-electron chi connectivity index (χ1n) is 9.49. The van der Waals surface area contributed by atoms with Gasteiger partial charge in [0.2, 0.25) is 10.0 Å². The van der Waals surface area contributed by atoms with E-state index in [0.717, 1.165) is 23.1 Å². The van der Waals surface area contributed by atoms with Crippen LogP contribution in [0.2, 0.25) is 0 Å². The number of nitrogens with one attached hydrogen (secondary N) is 1. The fraction of sp³-hybridized carbons (Fsp3) is 0.182. The van der Waals surface area contributed by atoms with Crippen LogP contribution in [-0.4, -0.2) is 38.4 Å². The van der Waals surface area contributed by atoms with E-state index in [1.54, 1.807) is 67.0 Å². The van der Waals surface area contributed by atoms with Crippen LogP contribution in [-0.2, 0) is 10.0 Å². The maximum atomic E-state index is 13.3. The number of sulfonamides is 1. The van der Waals surface area contributed by atoms with Gasteiger partial charge in [-0.25, -0.2) is 13.4 Å². The number of hydrogen-bond acceptors (Lipinski definition) is 6. The summed E-state index contributed by atoms with van der Waals surface area (Å²) >= 11 is 1.57. The average Bonchev–Trinajstić information content (AvgIpc) is 3.42. The van der Waals surface area contributed by atoms with Crippen LogP contribution >= 0.6 is 11.3 Å². The zero-order valence-electron chi connectivity index (χ0n) is 17.0. The summed E-state index contributed by atoms with van der Waals surface area (Å²) in [6.45, 7) is 0. The fourth-order valence-electron chi connectivity index (χ4n) is 3.43. The molecule has 0 saturated heterocycles. The Balaban J connectivity index is 1.65. The molecule has 9 heteroatoms. The van der Waals surface area contributed by atoms with Gasteiger partial charge >= 0.3 is 0 Å². The predicted molar refractivity (Wildman–Crippen MR) is 122 cm³/mol. The number of methoxy groups -OCH3 is 1. The molecule has 1 aromatic heterocycles. The van der Waals surface area contributed by atoms with Crippen LogP contribution in [0.15, 0.2) is 70.5 Å². The van der Waals surface area contributed by atoms with Crippen molar-refractivity contribution >= 4 is 38.7 Å². The van der Waals surface area contributed by atoms with Gasteiger partial charge in [0, 0.05) is 17.7 Å². The topological polar surface area (TPSA) is 88.1 Å². The van der Waals surface area contributed by atoms with Gasteiger partial charge in [0.05, 0.1) is 25.1 Å². The summed E-state index contributed by atoms with van der Waals surface area (Å²) in [5, 5.41) is 10.2. The number of benzene rings is 2. The Kier molecular flexibility index (Phi) is 5.79. The molecule has 3 aromatic rings. The van der Waals surface area contributed by atoms with Crippen molar-refractivity contribution in [2.24, 2.45) is 5.10 Å². The van der Waals surface area contributed by atoms with Gasteiger partial charge in [0.25, 0.3) is 5.91 Å². The second-order valence-corrected chi connectivity index (χ2v) is 9.69. The normalized spacial score (nSPS) is 16.1. The van der Waals surface area contributed by atoms with Crippen molar-refractivity contribution in [1.29, 1.82) is 0 Å². The Morgan fingerprint density at radius 1 is 1.19 bits per heavy atom. The lowest BCUT2D eigenvalue weighted by Crippen LogP contribution is -2.26. The minimum absolute atomic E-state index is 0.208. The number of hydrazone groups is 1. The Morgan fingerprint density at radius 2 is 1.97 bits per heavy atom. The molecule has 0 spiro atoms. The van der Waals surface area contributed by atoms with Crippen LogP contribution in [0, 0.1) is 0 Å². The lowest BCUT2D eigenvalue weighted by Gasteiger charge is -2.21. The molecule has 0 radical (unpaired) electrons. The van der Waals surface area contributed by atoms with Crippen LogP contribution in [0.1, 0.15) is 33.9 Å². The van der Waals surface area contributed by atoms with Gasteiger partial charge in [0.1, 0.15) is 5.75 Å².